The lowest BCUT2D eigenvalue weighted by Crippen LogP contribution is -2.44. The molecule has 0 radical (unpaired) electrons. The summed E-state index contributed by atoms with van der Waals surface area (Å²) in [5, 5.41) is 8.00. The van der Waals surface area contributed by atoms with Crippen LogP contribution >= 0.6 is 0 Å². The minimum Gasteiger partial charge on any atom is -0.354 e. The van der Waals surface area contributed by atoms with Crippen LogP contribution < -0.4 is 5.32 Å². The largest absolute Gasteiger partial charge is 0.354 e. The number of hydrogen-bond acceptors (Lipinski definition) is 4. The molecule has 1 unspecified atom stereocenters. The van der Waals surface area contributed by atoms with Gasteiger partial charge in [-0.15, -0.1) is 0 Å². The van der Waals surface area contributed by atoms with Crippen LogP contribution in [0.15, 0.2) is 6.07 Å². The molecule has 1 heterocycles. The van der Waals surface area contributed by atoms with E-state index in [0.717, 1.165) is 31.6 Å². The molecule has 0 aromatic carbocycles. The fourth-order valence-corrected chi connectivity index (χ4v) is 2.30. The number of ether oxygens (including phenoxy) is 2. The normalized spacial score (nSPS) is 13.2. The molecule has 1 aromatic heterocycles. The Hall–Kier alpha value is -0.910. The monoisotopic (exact) mass is 269 g/mol. The van der Waals surface area contributed by atoms with Crippen LogP contribution in [0, 0.1) is 0 Å². The maximum atomic E-state index is 5.38. The van der Waals surface area contributed by atoms with Gasteiger partial charge >= 0.3 is 0 Å². The number of likely N-dealkylation sites (N-methyl/N-ethyl adjacent to an activating group) is 1. The van der Waals surface area contributed by atoms with Gasteiger partial charge in [-0.1, -0.05) is 13.8 Å². The number of nitrogens with zero attached hydrogens (tertiary/aromatic N) is 2. The molecule has 0 aliphatic heterocycles. The minimum atomic E-state index is -0.245. The zero-order valence-electron chi connectivity index (χ0n) is 12.8. The summed E-state index contributed by atoms with van der Waals surface area (Å²) in [6.07, 6.45) is 1.57. The molecule has 0 aliphatic rings. The molecule has 1 rings (SSSR count). The van der Waals surface area contributed by atoms with Gasteiger partial charge < -0.3 is 14.8 Å². The third kappa shape index (κ3) is 4.30. The molecule has 0 saturated carbocycles. The van der Waals surface area contributed by atoms with Crippen molar-refractivity contribution >= 4 is 0 Å². The lowest BCUT2D eigenvalue weighted by Gasteiger charge is -2.25. The van der Waals surface area contributed by atoms with E-state index in [2.05, 4.69) is 41.9 Å². The molecule has 5 heteroatoms. The van der Waals surface area contributed by atoms with Gasteiger partial charge in [0.25, 0.3) is 0 Å². The van der Waals surface area contributed by atoms with E-state index in [9.17, 15) is 0 Å². The second kappa shape index (κ2) is 8.30. The van der Waals surface area contributed by atoms with Crippen molar-refractivity contribution in [2.24, 2.45) is 0 Å². The van der Waals surface area contributed by atoms with Crippen molar-refractivity contribution in [3.63, 3.8) is 0 Å². The summed E-state index contributed by atoms with van der Waals surface area (Å²) in [6.45, 7) is 8.10. The van der Waals surface area contributed by atoms with Gasteiger partial charge in [0.1, 0.15) is 0 Å². The van der Waals surface area contributed by atoms with Crippen LogP contribution in [0.1, 0.15) is 32.2 Å². The Kier molecular flexibility index (Phi) is 7.05. The Bertz CT molecular complexity index is 362. The molecule has 1 atom stereocenters. The van der Waals surface area contributed by atoms with Crippen molar-refractivity contribution in [3.05, 3.63) is 17.5 Å². The summed E-state index contributed by atoms with van der Waals surface area (Å²) in [6, 6.07) is 2.31. The SMILES string of the molecule is CCNC(Cc1cc(CC)nn1CC)C(OC)OC. The fraction of sp³-hybridized carbons (Fsp3) is 0.786. The highest BCUT2D eigenvalue weighted by atomic mass is 16.7. The van der Waals surface area contributed by atoms with Gasteiger partial charge in [0, 0.05) is 32.9 Å². The van der Waals surface area contributed by atoms with Gasteiger partial charge in [-0.2, -0.15) is 5.10 Å². The summed E-state index contributed by atoms with van der Waals surface area (Å²) < 4.78 is 12.8. The Labute approximate surface area is 116 Å². The first kappa shape index (κ1) is 16.1. The molecule has 0 spiro atoms. The number of aromatic nitrogens is 2. The van der Waals surface area contributed by atoms with Gasteiger partial charge in [-0.25, -0.2) is 0 Å². The van der Waals surface area contributed by atoms with Crippen LogP contribution in [0.4, 0.5) is 0 Å². The molecular weight excluding hydrogens is 242 g/mol. The first-order valence-corrected chi connectivity index (χ1v) is 7.04. The third-order valence-corrected chi connectivity index (χ3v) is 3.26. The number of methoxy groups -OCH3 is 2. The van der Waals surface area contributed by atoms with E-state index in [1.165, 1.54) is 5.69 Å². The number of nitrogens with one attached hydrogen (secondary N) is 1. The van der Waals surface area contributed by atoms with Crippen LogP contribution in [0.2, 0.25) is 0 Å². The van der Waals surface area contributed by atoms with Crippen LogP contribution in [0.5, 0.6) is 0 Å². The van der Waals surface area contributed by atoms with E-state index in [0.29, 0.717) is 0 Å². The Balaban J connectivity index is 2.85. The number of hydrogen-bond donors (Lipinski definition) is 1. The predicted molar refractivity (Wildman–Crippen MR) is 76.3 cm³/mol. The Morgan fingerprint density at radius 1 is 1.26 bits per heavy atom. The van der Waals surface area contributed by atoms with E-state index in [4.69, 9.17) is 9.47 Å². The molecule has 0 saturated heterocycles. The predicted octanol–water partition coefficient (Wildman–Crippen LogP) is 1.60. The van der Waals surface area contributed by atoms with Gasteiger partial charge in [-0.05, 0) is 26.0 Å². The van der Waals surface area contributed by atoms with Crippen LogP contribution in [-0.2, 0) is 28.9 Å². The molecule has 19 heavy (non-hydrogen) atoms. The van der Waals surface area contributed by atoms with Gasteiger partial charge in [-0.3, -0.25) is 4.68 Å². The van der Waals surface area contributed by atoms with Crippen LogP contribution in [-0.4, -0.2) is 42.9 Å². The Morgan fingerprint density at radius 3 is 2.42 bits per heavy atom. The van der Waals surface area contributed by atoms with Crippen molar-refractivity contribution in [2.45, 2.75) is 52.5 Å². The van der Waals surface area contributed by atoms with Gasteiger partial charge in [0.15, 0.2) is 6.29 Å². The van der Waals surface area contributed by atoms with Crippen molar-refractivity contribution in [2.75, 3.05) is 20.8 Å². The second-order valence-corrected chi connectivity index (χ2v) is 4.50. The Morgan fingerprint density at radius 2 is 1.95 bits per heavy atom. The molecule has 0 aliphatic carbocycles. The first-order chi connectivity index (χ1) is 9.19. The molecule has 1 N–H and O–H groups in total. The zero-order valence-corrected chi connectivity index (χ0v) is 12.8. The van der Waals surface area contributed by atoms with Crippen LogP contribution in [0.3, 0.4) is 0 Å². The summed E-state index contributed by atoms with van der Waals surface area (Å²) in [4.78, 5) is 0. The van der Waals surface area contributed by atoms with E-state index in [1.54, 1.807) is 14.2 Å². The maximum Gasteiger partial charge on any atom is 0.172 e. The lowest BCUT2D eigenvalue weighted by molar-refractivity contribution is -0.122. The van der Waals surface area contributed by atoms with Crippen molar-refractivity contribution in [1.29, 1.82) is 0 Å². The zero-order chi connectivity index (χ0) is 14.3. The molecule has 0 bridgehead atoms. The smallest absolute Gasteiger partial charge is 0.172 e. The highest BCUT2D eigenvalue weighted by molar-refractivity contribution is 5.12. The highest BCUT2D eigenvalue weighted by Crippen LogP contribution is 2.12. The lowest BCUT2D eigenvalue weighted by atomic mass is 10.1. The van der Waals surface area contributed by atoms with Crippen molar-refractivity contribution in [3.8, 4) is 0 Å². The highest BCUT2D eigenvalue weighted by Gasteiger charge is 2.22. The van der Waals surface area contributed by atoms with E-state index < -0.39 is 0 Å². The number of aryl methyl sites for hydroxylation is 2. The summed E-state index contributed by atoms with van der Waals surface area (Å²) >= 11 is 0. The van der Waals surface area contributed by atoms with Crippen molar-refractivity contribution in [1.82, 2.24) is 15.1 Å². The topological polar surface area (TPSA) is 48.3 Å². The average Bonchev–Trinajstić information content (AvgIpc) is 2.82. The summed E-state index contributed by atoms with van der Waals surface area (Å²) in [5.74, 6) is 0. The quantitative estimate of drug-likeness (QED) is 0.692. The maximum absolute atomic E-state index is 5.38. The molecular formula is C14H27N3O2. The number of rotatable bonds is 9. The summed E-state index contributed by atoms with van der Waals surface area (Å²) in [7, 11) is 3.35. The average molecular weight is 269 g/mol. The van der Waals surface area contributed by atoms with E-state index in [1.807, 2.05) is 0 Å². The summed E-state index contributed by atoms with van der Waals surface area (Å²) in [5.41, 5.74) is 2.36. The van der Waals surface area contributed by atoms with E-state index >= 15 is 0 Å². The second-order valence-electron chi connectivity index (χ2n) is 4.50. The van der Waals surface area contributed by atoms with Crippen molar-refractivity contribution < 1.29 is 9.47 Å². The minimum absolute atomic E-state index is 0.131. The third-order valence-electron chi connectivity index (χ3n) is 3.26. The molecule has 5 nitrogen and oxygen atoms in total. The van der Waals surface area contributed by atoms with Crippen LogP contribution in [0.25, 0.3) is 0 Å². The fourth-order valence-electron chi connectivity index (χ4n) is 2.30. The molecule has 1 aromatic rings. The van der Waals surface area contributed by atoms with E-state index in [-0.39, 0.29) is 12.3 Å². The first-order valence-electron chi connectivity index (χ1n) is 7.04. The standard InChI is InChI=1S/C14H27N3O2/c1-6-11-9-12(17(8-3)16-11)10-13(15-7-2)14(18-4)19-5/h9,13-15H,6-8,10H2,1-5H3. The van der Waals surface area contributed by atoms with Gasteiger partial charge in [0.2, 0.25) is 0 Å². The van der Waals surface area contributed by atoms with Gasteiger partial charge in [0.05, 0.1) is 11.7 Å². The molecule has 0 amide bonds. The molecule has 110 valence electrons. The molecule has 0 fully saturated rings.